The molecule has 2 aromatic carbocycles. The minimum absolute atomic E-state index is 0.0989. The van der Waals surface area contributed by atoms with Crippen molar-refractivity contribution in [1.29, 1.82) is 0 Å². The number of hydrogen-bond donors (Lipinski definition) is 0. The van der Waals surface area contributed by atoms with Crippen LogP contribution in [0.1, 0.15) is 11.1 Å². The van der Waals surface area contributed by atoms with Gasteiger partial charge >= 0.3 is 5.97 Å². The van der Waals surface area contributed by atoms with Gasteiger partial charge < -0.3 is 23.7 Å². The first-order valence-corrected chi connectivity index (χ1v) is 9.11. The molecule has 0 aliphatic heterocycles. The summed E-state index contributed by atoms with van der Waals surface area (Å²) in [6.07, 6.45) is 3.77. The van der Waals surface area contributed by atoms with Gasteiger partial charge in [-0.25, -0.2) is 0 Å². The first kappa shape index (κ1) is 20.6. The van der Waals surface area contributed by atoms with Crippen molar-refractivity contribution < 1.29 is 28.5 Å². The summed E-state index contributed by atoms with van der Waals surface area (Å²) in [5, 5.41) is 0.0989. The summed E-state index contributed by atoms with van der Waals surface area (Å²) in [5.74, 6) is 2.10. The summed E-state index contributed by atoms with van der Waals surface area (Å²) in [5.41, 5.74) is 1.70. The van der Waals surface area contributed by atoms with Crippen LogP contribution in [0.15, 0.2) is 30.3 Å². The molecular formula is C20H21BrO6. The van der Waals surface area contributed by atoms with Gasteiger partial charge in [-0.15, -0.1) is 0 Å². The van der Waals surface area contributed by atoms with Crippen molar-refractivity contribution in [3.05, 3.63) is 41.5 Å². The average Bonchev–Trinajstić information content (AvgIpc) is 2.71. The third kappa shape index (κ3) is 5.17. The van der Waals surface area contributed by atoms with Crippen molar-refractivity contribution in [1.82, 2.24) is 0 Å². The first-order chi connectivity index (χ1) is 13.1. The number of methoxy groups -OCH3 is 4. The minimum atomic E-state index is -0.404. The van der Waals surface area contributed by atoms with E-state index in [1.165, 1.54) is 7.11 Å². The first-order valence-electron chi connectivity index (χ1n) is 7.99. The summed E-state index contributed by atoms with van der Waals surface area (Å²) in [7, 11) is 6.22. The van der Waals surface area contributed by atoms with Crippen LogP contribution in [0.4, 0.5) is 0 Å². The number of rotatable bonds is 8. The molecule has 0 radical (unpaired) electrons. The van der Waals surface area contributed by atoms with Gasteiger partial charge in [-0.3, -0.25) is 4.79 Å². The normalized spacial score (nSPS) is 10.6. The Hall–Kier alpha value is -2.67. The topological polar surface area (TPSA) is 63.2 Å². The Bertz CT molecular complexity index is 806. The van der Waals surface area contributed by atoms with Crippen LogP contribution in [-0.4, -0.2) is 39.7 Å². The van der Waals surface area contributed by atoms with E-state index in [0.29, 0.717) is 28.7 Å². The predicted octanol–water partition coefficient (Wildman–Crippen LogP) is 4.19. The Morgan fingerprint density at radius 3 is 1.89 bits per heavy atom. The monoisotopic (exact) mass is 436 g/mol. The molecule has 0 bridgehead atoms. The lowest BCUT2D eigenvalue weighted by molar-refractivity contribution is -0.131. The lowest BCUT2D eigenvalue weighted by atomic mass is 10.1. The largest absolute Gasteiger partial charge is 0.493 e. The van der Waals surface area contributed by atoms with Gasteiger partial charge in [-0.1, -0.05) is 34.1 Å². The minimum Gasteiger partial charge on any atom is -0.493 e. The van der Waals surface area contributed by atoms with Crippen molar-refractivity contribution in [2.24, 2.45) is 0 Å². The van der Waals surface area contributed by atoms with Crippen molar-refractivity contribution in [2.45, 2.75) is 0 Å². The van der Waals surface area contributed by atoms with E-state index in [1.807, 2.05) is 30.4 Å². The lowest BCUT2D eigenvalue weighted by Gasteiger charge is -2.13. The second kappa shape index (κ2) is 9.87. The van der Waals surface area contributed by atoms with E-state index in [0.717, 1.165) is 11.1 Å². The molecule has 0 aliphatic carbocycles. The van der Waals surface area contributed by atoms with Gasteiger partial charge in [0.05, 0.1) is 28.4 Å². The molecule has 144 valence electrons. The number of esters is 1. The van der Waals surface area contributed by atoms with Gasteiger partial charge in [0, 0.05) is 0 Å². The summed E-state index contributed by atoms with van der Waals surface area (Å²) >= 11 is 3.07. The molecule has 0 unspecified atom stereocenters. The molecule has 0 aromatic heterocycles. The molecule has 0 fully saturated rings. The molecule has 0 N–H and O–H groups in total. The van der Waals surface area contributed by atoms with Crippen LogP contribution in [0.3, 0.4) is 0 Å². The predicted molar refractivity (Wildman–Crippen MR) is 107 cm³/mol. The molecule has 0 saturated heterocycles. The fraction of sp³-hybridized carbons (Fsp3) is 0.250. The zero-order valence-electron chi connectivity index (χ0n) is 15.6. The van der Waals surface area contributed by atoms with E-state index in [-0.39, 0.29) is 5.33 Å². The Kier molecular flexibility index (Phi) is 7.55. The third-order valence-electron chi connectivity index (χ3n) is 3.68. The Labute approximate surface area is 166 Å². The zero-order chi connectivity index (χ0) is 19.8. The Balaban J connectivity index is 2.34. The summed E-state index contributed by atoms with van der Waals surface area (Å²) in [4.78, 5) is 11.6. The number of alkyl halides is 1. The molecule has 0 spiro atoms. The van der Waals surface area contributed by atoms with Crippen molar-refractivity contribution in [2.75, 3.05) is 33.8 Å². The van der Waals surface area contributed by atoms with E-state index in [2.05, 4.69) is 15.9 Å². The highest BCUT2D eigenvalue weighted by Crippen LogP contribution is 2.38. The molecule has 7 heteroatoms. The van der Waals surface area contributed by atoms with Gasteiger partial charge in [0.1, 0.15) is 5.33 Å². The van der Waals surface area contributed by atoms with E-state index >= 15 is 0 Å². The van der Waals surface area contributed by atoms with E-state index in [4.69, 9.17) is 23.7 Å². The number of carbonyl (C=O) groups excluding carboxylic acids is 1. The molecule has 0 heterocycles. The second-order valence-electron chi connectivity index (χ2n) is 5.31. The highest BCUT2D eigenvalue weighted by molar-refractivity contribution is 9.09. The number of ether oxygens (including phenoxy) is 5. The van der Waals surface area contributed by atoms with E-state index in [1.54, 1.807) is 33.5 Å². The van der Waals surface area contributed by atoms with Crippen molar-refractivity contribution in [3.63, 3.8) is 0 Å². The fourth-order valence-corrected chi connectivity index (χ4v) is 2.53. The molecule has 0 atom stereocenters. The Morgan fingerprint density at radius 2 is 1.37 bits per heavy atom. The Morgan fingerprint density at radius 1 is 0.815 bits per heavy atom. The van der Waals surface area contributed by atoms with Crippen LogP contribution in [0.25, 0.3) is 12.2 Å². The maximum absolute atomic E-state index is 11.6. The van der Waals surface area contributed by atoms with Crippen LogP contribution >= 0.6 is 15.9 Å². The van der Waals surface area contributed by atoms with E-state index in [9.17, 15) is 4.79 Å². The van der Waals surface area contributed by atoms with Crippen LogP contribution in [0, 0.1) is 0 Å². The average molecular weight is 437 g/mol. The zero-order valence-corrected chi connectivity index (χ0v) is 17.2. The van der Waals surface area contributed by atoms with Gasteiger partial charge in [0.2, 0.25) is 5.75 Å². The molecule has 2 aromatic rings. The van der Waals surface area contributed by atoms with Crippen LogP contribution in [0.5, 0.6) is 28.7 Å². The summed E-state index contributed by atoms with van der Waals surface area (Å²) < 4.78 is 26.6. The number of halogens is 1. The number of hydrogen-bond acceptors (Lipinski definition) is 6. The fourth-order valence-electron chi connectivity index (χ4n) is 2.42. The number of benzene rings is 2. The number of carbonyl (C=O) groups is 1. The molecule has 0 aliphatic rings. The molecule has 27 heavy (non-hydrogen) atoms. The smallest absolute Gasteiger partial charge is 0.322 e. The van der Waals surface area contributed by atoms with Crippen molar-refractivity contribution in [3.8, 4) is 28.7 Å². The quantitative estimate of drug-likeness (QED) is 0.267. The van der Waals surface area contributed by atoms with Gasteiger partial charge in [0.15, 0.2) is 23.0 Å². The van der Waals surface area contributed by atoms with Gasteiger partial charge in [-0.05, 0) is 35.4 Å². The highest BCUT2D eigenvalue weighted by atomic mass is 79.9. The molecule has 0 saturated carbocycles. The van der Waals surface area contributed by atoms with Crippen LogP contribution in [0.2, 0.25) is 0 Å². The standard InChI is InChI=1S/C20H21BrO6/c1-23-15-8-7-13(9-16(15)27-19(22)12-21)5-6-14-10-17(24-2)20(26-4)18(11-14)25-3/h5-11H,12H2,1-4H3/b6-5-. The maximum atomic E-state index is 11.6. The second-order valence-corrected chi connectivity index (χ2v) is 5.87. The molecule has 6 nitrogen and oxygen atoms in total. The maximum Gasteiger partial charge on any atom is 0.322 e. The lowest BCUT2D eigenvalue weighted by Crippen LogP contribution is -2.09. The van der Waals surface area contributed by atoms with Crippen LogP contribution in [-0.2, 0) is 4.79 Å². The summed E-state index contributed by atoms with van der Waals surface area (Å²) in [6, 6.07) is 9.01. The highest BCUT2D eigenvalue weighted by Gasteiger charge is 2.12. The van der Waals surface area contributed by atoms with E-state index < -0.39 is 5.97 Å². The van der Waals surface area contributed by atoms with Crippen molar-refractivity contribution >= 4 is 34.1 Å². The molecule has 2 rings (SSSR count). The molecular weight excluding hydrogens is 416 g/mol. The SMILES string of the molecule is COc1ccc(/C=C\c2cc(OC)c(OC)c(OC)c2)cc1OC(=O)CBr. The van der Waals surface area contributed by atoms with Gasteiger partial charge in [-0.2, -0.15) is 0 Å². The van der Waals surface area contributed by atoms with Gasteiger partial charge in [0.25, 0.3) is 0 Å². The summed E-state index contributed by atoms with van der Waals surface area (Å²) in [6.45, 7) is 0. The molecule has 0 amide bonds. The third-order valence-corrected chi connectivity index (χ3v) is 4.13. The van der Waals surface area contributed by atoms with Crippen LogP contribution < -0.4 is 23.7 Å².